The first-order chi connectivity index (χ1) is 15.9. The van der Waals surface area contributed by atoms with Crippen molar-refractivity contribution in [1.82, 2.24) is 5.32 Å². The predicted molar refractivity (Wildman–Crippen MR) is 131 cm³/mol. The van der Waals surface area contributed by atoms with Gasteiger partial charge >= 0.3 is 0 Å². The average Bonchev–Trinajstić information content (AvgIpc) is 3.15. The van der Waals surface area contributed by atoms with Crippen LogP contribution in [0.2, 0.25) is 0 Å². The molecule has 33 heavy (non-hydrogen) atoms. The van der Waals surface area contributed by atoms with Gasteiger partial charge in [0.25, 0.3) is 5.91 Å². The van der Waals surface area contributed by atoms with Crippen LogP contribution in [0.15, 0.2) is 89.8 Å². The lowest BCUT2D eigenvalue weighted by atomic mass is 9.93. The lowest BCUT2D eigenvalue weighted by Crippen LogP contribution is -2.18. The minimum Gasteiger partial charge on any atom is -0.307 e. The second-order valence-corrected chi connectivity index (χ2v) is 8.92. The van der Waals surface area contributed by atoms with Gasteiger partial charge in [-0.3, -0.25) is 9.59 Å². The molecule has 0 aliphatic carbocycles. The van der Waals surface area contributed by atoms with Gasteiger partial charge in [-0.25, -0.2) is 8.78 Å². The van der Waals surface area contributed by atoms with Gasteiger partial charge < -0.3 is 5.32 Å². The third-order valence-corrected chi connectivity index (χ3v) is 6.25. The normalized spacial score (nSPS) is 15.4. The number of Topliss-reactive ketones (excluding diaryl/α,β-unsaturated/α-hetero) is 1. The maximum atomic E-state index is 13.6. The molecule has 1 aliphatic heterocycles. The fourth-order valence-electron chi connectivity index (χ4n) is 3.37. The third-order valence-electron chi connectivity index (χ3n) is 5.00. The first-order valence-electron chi connectivity index (χ1n) is 9.99. The summed E-state index contributed by atoms with van der Waals surface area (Å²) in [6.07, 6.45) is 1.78. The fourth-order valence-corrected chi connectivity index (χ4v) is 4.48. The summed E-state index contributed by atoms with van der Waals surface area (Å²) in [7, 11) is 0. The van der Waals surface area contributed by atoms with Gasteiger partial charge in [0, 0.05) is 17.6 Å². The van der Waals surface area contributed by atoms with Gasteiger partial charge in [0.05, 0.1) is 4.91 Å². The van der Waals surface area contributed by atoms with E-state index in [9.17, 15) is 18.4 Å². The van der Waals surface area contributed by atoms with E-state index in [0.717, 1.165) is 17.3 Å². The molecule has 164 valence electrons. The Morgan fingerprint density at radius 2 is 1.42 bits per heavy atom. The molecule has 7 heteroatoms. The summed E-state index contributed by atoms with van der Waals surface area (Å²) in [6, 6.07) is 20.4. The number of ketones is 1. The molecule has 1 N–H and O–H groups in total. The summed E-state index contributed by atoms with van der Waals surface area (Å²) < 4.78 is 27.2. The molecule has 3 aromatic rings. The first kappa shape index (κ1) is 22.8. The smallest absolute Gasteiger partial charge is 0.264 e. The molecular weight excluding hydrogens is 460 g/mol. The molecule has 0 radical (unpaired) electrons. The van der Waals surface area contributed by atoms with E-state index >= 15 is 0 Å². The van der Waals surface area contributed by atoms with Crippen molar-refractivity contribution < 1.29 is 18.4 Å². The van der Waals surface area contributed by atoms with Gasteiger partial charge in [-0.15, -0.1) is 0 Å². The standard InChI is InChI=1S/C26H17F2NO2S2/c27-20-10-6-17(7-11-20)22(24-25(31)29-26(32)33-24)14-19(16-4-2-1-3-5-16)15-23(30)18-8-12-21(28)13-9-18/h1-14H,15H2,(H,29,31,32)/b19-14+,24-22-. The fraction of sp³-hybridized carbons (Fsp3) is 0.0385. The van der Waals surface area contributed by atoms with E-state index in [-0.39, 0.29) is 18.1 Å². The Balaban J connectivity index is 1.83. The Kier molecular flexibility index (Phi) is 6.91. The largest absolute Gasteiger partial charge is 0.307 e. The van der Waals surface area contributed by atoms with E-state index in [1.807, 2.05) is 30.3 Å². The monoisotopic (exact) mass is 477 g/mol. The molecule has 3 nitrogen and oxygen atoms in total. The Bertz CT molecular complexity index is 1280. The summed E-state index contributed by atoms with van der Waals surface area (Å²) in [5.74, 6) is -1.37. The average molecular weight is 478 g/mol. The Morgan fingerprint density at radius 3 is 1.97 bits per heavy atom. The topological polar surface area (TPSA) is 46.2 Å². The predicted octanol–water partition coefficient (Wildman–Crippen LogP) is 6.18. The van der Waals surface area contributed by atoms with Crippen LogP contribution < -0.4 is 5.32 Å². The maximum Gasteiger partial charge on any atom is 0.264 e. The van der Waals surface area contributed by atoms with Crippen molar-refractivity contribution in [2.75, 3.05) is 0 Å². The number of thioether (sulfide) groups is 1. The van der Waals surface area contributed by atoms with Crippen molar-refractivity contribution in [1.29, 1.82) is 0 Å². The SMILES string of the molecule is O=C1NC(=S)S/C1=C(/C=C(\CC(=O)c1ccc(F)cc1)c1ccccc1)c1ccc(F)cc1. The maximum absolute atomic E-state index is 13.6. The number of thiocarbonyl (C=S) groups is 1. The van der Waals surface area contributed by atoms with Crippen molar-refractivity contribution in [3.05, 3.63) is 118 Å². The van der Waals surface area contributed by atoms with Crippen LogP contribution >= 0.6 is 24.0 Å². The highest BCUT2D eigenvalue weighted by Gasteiger charge is 2.26. The Labute approximate surface area is 199 Å². The Morgan fingerprint density at radius 1 is 0.848 bits per heavy atom. The highest BCUT2D eigenvalue weighted by Crippen LogP contribution is 2.35. The molecule has 1 saturated heterocycles. The zero-order valence-corrected chi connectivity index (χ0v) is 18.8. The van der Waals surface area contributed by atoms with Crippen LogP contribution in [0.4, 0.5) is 8.78 Å². The summed E-state index contributed by atoms with van der Waals surface area (Å²) in [5.41, 5.74) is 2.97. The molecule has 0 unspecified atom stereocenters. The first-order valence-corrected chi connectivity index (χ1v) is 11.2. The van der Waals surface area contributed by atoms with Gasteiger partial charge in [-0.1, -0.05) is 66.4 Å². The van der Waals surface area contributed by atoms with Gasteiger partial charge in [-0.2, -0.15) is 0 Å². The Hall–Kier alpha value is -3.42. The summed E-state index contributed by atoms with van der Waals surface area (Å²) in [4.78, 5) is 26.0. The van der Waals surface area contributed by atoms with Crippen LogP contribution in [0.3, 0.4) is 0 Å². The van der Waals surface area contributed by atoms with Crippen LogP contribution in [0.5, 0.6) is 0 Å². The molecule has 3 aromatic carbocycles. The molecular formula is C26H17F2NO2S2. The summed E-state index contributed by atoms with van der Waals surface area (Å²) >= 11 is 6.27. The van der Waals surface area contributed by atoms with Crippen LogP contribution in [0.25, 0.3) is 11.1 Å². The number of hydrogen-bond donors (Lipinski definition) is 1. The zero-order valence-electron chi connectivity index (χ0n) is 17.2. The number of halogens is 2. The van der Waals surface area contributed by atoms with Crippen LogP contribution in [0.1, 0.15) is 27.9 Å². The number of amides is 1. The molecule has 4 rings (SSSR count). The van der Waals surface area contributed by atoms with Crippen molar-refractivity contribution in [3.8, 4) is 0 Å². The quantitative estimate of drug-likeness (QED) is 0.262. The minimum atomic E-state index is -0.422. The highest BCUT2D eigenvalue weighted by atomic mass is 32.2. The van der Waals surface area contributed by atoms with E-state index in [1.54, 1.807) is 18.2 Å². The molecule has 0 bridgehead atoms. The second kappa shape index (κ2) is 10.0. The number of carbonyl (C=O) groups excluding carboxylic acids is 2. The van der Waals surface area contributed by atoms with Crippen LogP contribution in [-0.4, -0.2) is 16.0 Å². The zero-order chi connectivity index (χ0) is 23.4. The number of nitrogens with one attached hydrogen (secondary N) is 1. The van der Waals surface area contributed by atoms with E-state index in [1.165, 1.54) is 36.4 Å². The number of allylic oxidation sites excluding steroid dienone is 3. The van der Waals surface area contributed by atoms with Gasteiger partial charge in [0.15, 0.2) is 5.78 Å². The molecule has 0 spiro atoms. The number of benzene rings is 3. The van der Waals surface area contributed by atoms with E-state index in [4.69, 9.17) is 12.2 Å². The van der Waals surface area contributed by atoms with Crippen molar-refractivity contribution in [2.24, 2.45) is 0 Å². The lowest BCUT2D eigenvalue weighted by Gasteiger charge is -2.12. The molecule has 0 atom stereocenters. The number of carbonyl (C=O) groups is 2. The van der Waals surface area contributed by atoms with Gasteiger partial charge in [0.1, 0.15) is 16.0 Å². The molecule has 1 amide bonds. The molecule has 0 aromatic heterocycles. The molecule has 1 aliphatic rings. The number of hydrogen-bond acceptors (Lipinski definition) is 4. The van der Waals surface area contributed by atoms with Crippen molar-refractivity contribution in [2.45, 2.75) is 6.42 Å². The highest BCUT2D eigenvalue weighted by molar-refractivity contribution is 8.26. The van der Waals surface area contributed by atoms with Crippen LogP contribution in [-0.2, 0) is 4.79 Å². The van der Waals surface area contributed by atoms with Gasteiger partial charge in [0.2, 0.25) is 0 Å². The van der Waals surface area contributed by atoms with E-state index in [2.05, 4.69) is 5.32 Å². The second-order valence-electron chi connectivity index (χ2n) is 7.24. The van der Waals surface area contributed by atoms with Crippen molar-refractivity contribution in [3.63, 3.8) is 0 Å². The summed E-state index contributed by atoms with van der Waals surface area (Å²) in [5, 5.41) is 2.61. The lowest BCUT2D eigenvalue weighted by molar-refractivity contribution is -0.115. The molecule has 1 fully saturated rings. The number of rotatable bonds is 6. The van der Waals surface area contributed by atoms with Crippen LogP contribution in [0, 0.1) is 11.6 Å². The molecule has 1 heterocycles. The van der Waals surface area contributed by atoms with E-state index in [0.29, 0.717) is 31.5 Å². The van der Waals surface area contributed by atoms with Gasteiger partial charge in [-0.05, 0) is 59.2 Å². The van der Waals surface area contributed by atoms with E-state index < -0.39 is 11.6 Å². The minimum absolute atomic E-state index is 0.0182. The van der Waals surface area contributed by atoms with Crippen molar-refractivity contribution >= 4 is 51.1 Å². The third kappa shape index (κ3) is 5.50. The molecule has 0 saturated carbocycles. The summed E-state index contributed by atoms with van der Waals surface area (Å²) in [6.45, 7) is 0.